The molecule has 0 saturated carbocycles. The molecule has 2 atom stereocenters. The molecule has 2 unspecified atom stereocenters. The third kappa shape index (κ3) is 2.61. The summed E-state index contributed by atoms with van der Waals surface area (Å²) in [6.07, 6.45) is 1.11. The van der Waals surface area contributed by atoms with Crippen molar-refractivity contribution >= 4 is 5.69 Å². The Balaban J connectivity index is 2.16. The van der Waals surface area contributed by atoms with Gasteiger partial charge in [0.15, 0.2) is 0 Å². The van der Waals surface area contributed by atoms with Gasteiger partial charge in [0.2, 0.25) is 0 Å². The highest BCUT2D eigenvalue weighted by Crippen LogP contribution is 2.29. The molecular weight excluding hydrogens is 210 g/mol. The number of likely N-dealkylation sites (tertiary alicyclic amines) is 1. The molecule has 0 amide bonds. The van der Waals surface area contributed by atoms with Gasteiger partial charge in [-0.25, -0.2) is 0 Å². The monoisotopic (exact) mass is 233 g/mol. The Labute approximate surface area is 104 Å². The molecule has 0 spiro atoms. The lowest BCUT2D eigenvalue weighted by Crippen LogP contribution is -2.47. The molecular formula is C14H23N3. The highest BCUT2D eigenvalue weighted by atomic mass is 15.2. The maximum absolute atomic E-state index is 5.99. The Kier molecular flexibility index (Phi) is 3.40. The largest absolute Gasteiger partial charge is 0.377 e. The summed E-state index contributed by atoms with van der Waals surface area (Å²) in [4.78, 5) is 2.37. The van der Waals surface area contributed by atoms with Crippen LogP contribution in [0.2, 0.25) is 0 Å². The molecule has 3 heteroatoms. The number of benzene rings is 1. The number of anilines is 1. The molecule has 1 aromatic rings. The summed E-state index contributed by atoms with van der Waals surface area (Å²) in [6.45, 7) is 6.06. The Bertz CT molecular complexity index is 379. The lowest BCUT2D eigenvalue weighted by molar-refractivity contribution is 0.323. The molecule has 1 heterocycles. The summed E-state index contributed by atoms with van der Waals surface area (Å²) in [5, 5.41) is 3.64. The Hall–Kier alpha value is -1.06. The molecule has 0 aromatic heterocycles. The topological polar surface area (TPSA) is 41.3 Å². The van der Waals surface area contributed by atoms with E-state index in [0.29, 0.717) is 12.6 Å². The molecule has 1 fully saturated rings. The zero-order valence-electron chi connectivity index (χ0n) is 11.0. The van der Waals surface area contributed by atoms with Crippen molar-refractivity contribution in [2.45, 2.75) is 31.8 Å². The maximum atomic E-state index is 5.99. The minimum Gasteiger partial charge on any atom is -0.377 e. The molecule has 17 heavy (non-hydrogen) atoms. The van der Waals surface area contributed by atoms with Crippen LogP contribution in [0.5, 0.6) is 0 Å². The molecule has 3 nitrogen and oxygen atoms in total. The van der Waals surface area contributed by atoms with Crippen LogP contribution >= 0.6 is 0 Å². The fourth-order valence-electron chi connectivity index (χ4n) is 2.74. The Morgan fingerprint density at radius 1 is 1.53 bits per heavy atom. The van der Waals surface area contributed by atoms with Crippen LogP contribution < -0.4 is 11.1 Å². The van der Waals surface area contributed by atoms with Crippen molar-refractivity contribution in [2.24, 2.45) is 5.73 Å². The van der Waals surface area contributed by atoms with E-state index in [1.54, 1.807) is 0 Å². The van der Waals surface area contributed by atoms with Crippen LogP contribution in [0.15, 0.2) is 24.3 Å². The summed E-state index contributed by atoms with van der Waals surface area (Å²) in [6, 6.07) is 9.09. The zero-order valence-corrected chi connectivity index (χ0v) is 11.0. The number of hydrogen-bond acceptors (Lipinski definition) is 3. The fourth-order valence-corrected chi connectivity index (χ4v) is 2.74. The second-order valence-electron chi connectivity index (χ2n) is 5.45. The zero-order chi connectivity index (χ0) is 12.5. The van der Waals surface area contributed by atoms with Crippen LogP contribution in [0, 0.1) is 6.92 Å². The highest BCUT2D eigenvalue weighted by molar-refractivity contribution is 5.48. The molecule has 1 saturated heterocycles. The minimum absolute atomic E-state index is 0.0297. The number of nitrogens with one attached hydrogen (secondary N) is 1. The molecule has 1 aliphatic rings. The van der Waals surface area contributed by atoms with E-state index < -0.39 is 0 Å². The highest BCUT2D eigenvalue weighted by Gasteiger charge is 2.39. The molecule has 1 aliphatic heterocycles. The van der Waals surface area contributed by atoms with E-state index >= 15 is 0 Å². The Morgan fingerprint density at radius 3 is 2.82 bits per heavy atom. The van der Waals surface area contributed by atoms with Crippen molar-refractivity contribution in [3.8, 4) is 0 Å². The Morgan fingerprint density at radius 2 is 2.29 bits per heavy atom. The van der Waals surface area contributed by atoms with Gasteiger partial charge in [-0.05, 0) is 45.0 Å². The van der Waals surface area contributed by atoms with Crippen molar-refractivity contribution in [1.29, 1.82) is 0 Å². The van der Waals surface area contributed by atoms with E-state index in [1.165, 1.54) is 11.3 Å². The lowest BCUT2D eigenvalue weighted by Gasteiger charge is -2.30. The molecule has 0 bridgehead atoms. The first-order valence-corrected chi connectivity index (χ1v) is 6.30. The van der Waals surface area contributed by atoms with Gasteiger partial charge in [-0.15, -0.1) is 0 Å². The van der Waals surface area contributed by atoms with Crippen molar-refractivity contribution in [2.75, 3.05) is 25.5 Å². The molecule has 1 aromatic carbocycles. The molecule has 3 N–H and O–H groups in total. The fraction of sp³-hybridized carbons (Fsp3) is 0.571. The van der Waals surface area contributed by atoms with Crippen LogP contribution in [-0.2, 0) is 0 Å². The second kappa shape index (κ2) is 4.67. The summed E-state index contributed by atoms with van der Waals surface area (Å²) in [5.74, 6) is 0. The number of nitrogens with zero attached hydrogens (tertiary/aromatic N) is 1. The van der Waals surface area contributed by atoms with Gasteiger partial charge in [-0.1, -0.05) is 12.1 Å². The van der Waals surface area contributed by atoms with Gasteiger partial charge in [0, 0.05) is 24.8 Å². The van der Waals surface area contributed by atoms with Crippen LogP contribution in [0.4, 0.5) is 5.69 Å². The van der Waals surface area contributed by atoms with Crippen molar-refractivity contribution in [1.82, 2.24) is 4.90 Å². The van der Waals surface area contributed by atoms with Crippen LogP contribution in [0.3, 0.4) is 0 Å². The predicted molar refractivity (Wildman–Crippen MR) is 73.3 cm³/mol. The van der Waals surface area contributed by atoms with Crippen molar-refractivity contribution < 1.29 is 0 Å². The average Bonchev–Trinajstić information content (AvgIpc) is 2.55. The van der Waals surface area contributed by atoms with Crippen LogP contribution in [-0.4, -0.2) is 36.6 Å². The normalized spacial score (nSPS) is 29.5. The molecule has 94 valence electrons. The first kappa shape index (κ1) is 12.4. The third-order valence-corrected chi connectivity index (χ3v) is 3.81. The third-order valence-electron chi connectivity index (χ3n) is 3.81. The van der Waals surface area contributed by atoms with E-state index in [-0.39, 0.29) is 5.54 Å². The second-order valence-corrected chi connectivity index (χ2v) is 5.45. The van der Waals surface area contributed by atoms with Gasteiger partial charge in [0.05, 0.1) is 5.54 Å². The standard InChI is InChI=1S/C14H23N3/c1-11-5-4-6-13(7-11)16-14(9-15)8-12(2)17(3)10-14/h4-7,12,16H,8-10,15H2,1-3H3. The molecule has 0 radical (unpaired) electrons. The van der Waals surface area contributed by atoms with Gasteiger partial charge in [-0.2, -0.15) is 0 Å². The van der Waals surface area contributed by atoms with E-state index in [0.717, 1.165) is 13.0 Å². The smallest absolute Gasteiger partial charge is 0.0636 e. The first-order valence-electron chi connectivity index (χ1n) is 6.30. The summed E-state index contributed by atoms with van der Waals surface area (Å²) >= 11 is 0. The van der Waals surface area contributed by atoms with E-state index in [1.807, 2.05) is 0 Å². The van der Waals surface area contributed by atoms with Gasteiger partial charge >= 0.3 is 0 Å². The summed E-state index contributed by atoms with van der Waals surface area (Å²) in [7, 11) is 2.17. The van der Waals surface area contributed by atoms with E-state index in [9.17, 15) is 0 Å². The molecule has 2 rings (SSSR count). The number of likely N-dealkylation sites (N-methyl/N-ethyl adjacent to an activating group) is 1. The SMILES string of the molecule is Cc1cccc(NC2(CN)CC(C)N(C)C2)c1. The average molecular weight is 233 g/mol. The van der Waals surface area contributed by atoms with Gasteiger partial charge in [0.1, 0.15) is 0 Å². The maximum Gasteiger partial charge on any atom is 0.0636 e. The summed E-state index contributed by atoms with van der Waals surface area (Å²) < 4.78 is 0. The van der Waals surface area contributed by atoms with E-state index in [4.69, 9.17) is 5.73 Å². The van der Waals surface area contributed by atoms with Crippen molar-refractivity contribution in [3.63, 3.8) is 0 Å². The predicted octanol–water partition coefficient (Wildman–Crippen LogP) is 1.83. The number of rotatable bonds is 3. The minimum atomic E-state index is 0.0297. The van der Waals surface area contributed by atoms with Crippen molar-refractivity contribution in [3.05, 3.63) is 29.8 Å². The van der Waals surface area contributed by atoms with Crippen LogP contribution in [0.1, 0.15) is 18.9 Å². The summed E-state index contributed by atoms with van der Waals surface area (Å²) in [5.41, 5.74) is 8.48. The first-order chi connectivity index (χ1) is 8.04. The van der Waals surface area contributed by atoms with E-state index in [2.05, 4.69) is 55.4 Å². The lowest BCUT2D eigenvalue weighted by atomic mass is 9.96. The molecule has 0 aliphatic carbocycles. The van der Waals surface area contributed by atoms with Gasteiger partial charge in [-0.3, -0.25) is 0 Å². The number of hydrogen-bond donors (Lipinski definition) is 2. The van der Waals surface area contributed by atoms with Gasteiger partial charge < -0.3 is 16.0 Å². The quantitative estimate of drug-likeness (QED) is 0.837. The number of aryl methyl sites for hydroxylation is 1. The van der Waals surface area contributed by atoms with Crippen LogP contribution in [0.25, 0.3) is 0 Å². The number of nitrogens with two attached hydrogens (primary N) is 1. The van der Waals surface area contributed by atoms with Gasteiger partial charge in [0.25, 0.3) is 0 Å².